The molecule has 0 amide bonds. The van der Waals surface area contributed by atoms with Gasteiger partial charge in [-0.1, -0.05) is 41.9 Å². The third kappa shape index (κ3) is 3.21. The van der Waals surface area contributed by atoms with Crippen LogP contribution in [0.5, 0.6) is 5.88 Å². The minimum atomic E-state index is -0.478. The maximum absolute atomic E-state index is 6.37. The van der Waals surface area contributed by atoms with E-state index in [0.29, 0.717) is 19.0 Å². The van der Waals surface area contributed by atoms with Crippen LogP contribution in [0.25, 0.3) is 11.1 Å². The summed E-state index contributed by atoms with van der Waals surface area (Å²) in [6.45, 7) is 0.994. The lowest BCUT2D eigenvalue weighted by molar-refractivity contribution is 0.297. The standard InChI is InChI=1S/C18H16ClN5O/c19-18-22-12-16-15(14-4-2-1-3-5-14)6-9-23(16)24(18)10-11-25-17-13-20-7-8-21-17/h1-9,12-13,18H,10-11H2. The highest BCUT2D eigenvalue weighted by Crippen LogP contribution is 2.27. The lowest BCUT2D eigenvalue weighted by atomic mass is 10.1. The first-order valence-electron chi connectivity index (χ1n) is 7.93. The SMILES string of the molecule is ClC1N=Cc2c(-c3ccccc3)ccn2N1CCOc1cnccn1. The van der Waals surface area contributed by atoms with E-state index < -0.39 is 5.62 Å². The third-order valence-electron chi connectivity index (χ3n) is 3.94. The van der Waals surface area contributed by atoms with E-state index in [1.165, 1.54) is 0 Å². The van der Waals surface area contributed by atoms with Crippen molar-refractivity contribution in [3.05, 3.63) is 66.9 Å². The van der Waals surface area contributed by atoms with Crippen molar-refractivity contribution in [2.45, 2.75) is 5.62 Å². The van der Waals surface area contributed by atoms with Gasteiger partial charge < -0.3 is 4.74 Å². The van der Waals surface area contributed by atoms with Gasteiger partial charge >= 0.3 is 0 Å². The Morgan fingerprint density at radius 1 is 1.12 bits per heavy atom. The molecule has 3 heterocycles. The molecule has 0 spiro atoms. The molecule has 6 nitrogen and oxygen atoms in total. The smallest absolute Gasteiger partial charge is 0.232 e. The zero-order valence-corrected chi connectivity index (χ0v) is 14.1. The maximum Gasteiger partial charge on any atom is 0.232 e. The predicted octanol–water partition coefficient (Wildman–Crippen LogP) is 2.92. The topological polar surface area (TPSA) is 55.5 Å². The van der Waals surface area contributed by atoms with E-state index in [-0.39, 0.29) is 0 Å². The van der Waals surface area contributed by atoms with E-state index in [2.05, 4.69) is 33.2 Å². The van der Waals surface area contributed by atoms with Gasteiger partial charge in [-0.2, -0.15) is 0 Å². The van der Waals surface area contributed by atoms with Gasteiger partial charge in [0, 0.05) is 24.2 Å². The molecular formula is C18H16ClN5O. The number of hydrogen-bond acceptors (Lipinski definition) is 5. The number of ether oxygens (including phenoxy) is 1. The van der Waals surface area contributed by atoms with Gasteiger partial charge in [0.15, 0.2) is 0 Å². The summed E-state index contributed by atoms with van der Waals surface area (Å²) in [4.78, 5) is 12.5. The van der Waals surface area contributed by atoms with Gasteiger partial charge in [-0.15, -0.1) is 0 Å². The molecule has 0 aliphatic carbocycles. The van der Waals surface area contributed by atoms with Crippen molar-refractivity contribution in [2.75, 3.05) is 18.2 Å². The van der Waals surface area contributed by atoms with Crippen LogP contribution in [0.1, 0.15) is 5.69 Å². The first kappa shape index (κ1) is 15.7. The molecule has 1 atom stereocenters. The van der Waals surface area contributed by atoms with Crippen molar-refractivity contribution in [3.63, 3.8) is 0 Å². The van der Waals surface area contributed by atoms with Gasteiger partial charge in [-0.25, -0.2) is 9.98 Å². The number of alkyl halides is 1. The fraction of sp³-hybridized carbons (Fsp3) is 0.167. The molecule has 126 valence electrons. The largest absolute Gasteiger partial charge is 0.475 e. The van der Waals surface area contributed by atoms with Crippen LogP contribution in [0.3, 0.4) is 0 Å². The molecular weight excluding hydrogens is 338 g/mol. The number of aromatic nitrogens is 3. The molecule has 0 radical (unpaired) electrons. The molecule has 4 rings (SSSR count). The number of halogens is 1. The third-order valence-corrected chi connectivity index (χ3v) is 4.28. The van der Waals surface area contributed by atoms with E-state index in [9.17, 15) is 0 Å². The highest BCUT2D eigenvalue weighted by Gasteiger charge is 2.23. The Morgan fingerprint density at radius 2 is 2.00 bits per heavy atom. The number of fused-ring (bicyclic) bond motifs is 1. The highest BCUT2D eigenvalue weighted by atomic mass is 35.5. The van der Waals surface area contributed by atoms with Crippen molar-refractivity contribution in [2.24, 2.45) is 4.99 Å². The summed E-state index contributed by atoms with van der Waals surface area (Å²) >= 11 is 6.37. The Kier molecular flexibility index (Phi) is 4.35. The molecule has 3 aromatic rings. The second-order valence-corrected chi connectivity index (χ2v) is 5.86. The quantitative estimate of drug-likeness (QED) is 0.523. The summed E-state index contributed by atoms with van der Waals surface area (Å²) in [5.74, 6) is 0.492. The van der Waals surface area contributed by atoms with Crippen LogP contribution in [0.15, 0.2) is 66.2 Å². The van der Waals surface area contributed by atoms with E-state index in [4.69, 9.17) is 16.3 Å². The summed E-state index contributed by atoms with van der Waals surface area (Å²) in [6.07, 6.45) is 8.61. The van der Waals surface area contributed by atoms with Crippen LogP contribution in [-0.2, 0) is 0 Å². The average Bonchev–Trinajstić information content (AvgIpc) is 3.09. The lowest BCUT2D eigenvalue weighted by Gasteiger charge is -2.32. The highest BCUT2D eigenvalue weighted by molar-refractivity contribution is 6.22. The summed E-state index contributed by atoms with van der Waals surface area (Å²) in [7, 11) is 0. The van der Waals surface area contributed by atoms with E-state index in [1.54, 1.807) is 18.6 Å². The van der Waals surface area contributed by atoms with Crippen LogP contribution in [0, 0.1) is 0 Å². The molecule has 1 aromatic carbocycles. The zero-order chi connectivity index (χ0) is 17.1. The van der Waals surface area contributed by atoms with Gasteiger partial charge in [0.1, 0.15) is 6.61 Å². The van der Waals surface area contributed by atoms with Crippen molar-refractivity contribution in [1.82, 2.24) is 14.6 Å². The first-order valence-corrected chi connectivity index (χ1v) is 8.36. The molecule has 7 heteroatoms. The molecule has 0 fully saturated rings. The van der Waals surface area contributed by atoms with Crippen molar-refractivity contribution >= 4 is 17.8 Å². The molecule has 0 saturated carbocycles. The first-order chi connectivity index (χ1) is 12.3. The molecule has 0 N–H and O–H groups in total. The van der Waals surface area contributed by atoms with Gasteiger partial charge in [0.2, 0.25) is 11.5 Å². The van der Waals surface area contributed by atoms with Gasteiger partial charge in [0.25, 0.3) is 0 Å². The molecule has 2 aromatic heterocycles. The van der Waals surface area contributed by atoms with Crippen molar-refractivity contribution in [3.8, 4) is 17.0 Å². The fourth-order valence-corrected chi connectivity index (χ4v) is 3.03. The number of hydrogen-bond donors (Lipinski definition) is 0. The monoisotopic (exact) mass is 353 g/mol. The minimum Gasteiger partial charge on any atom is -0.475 e. The van der Waals surface area contributed by atoms with Crippen LogP contribution in [0.2, 0.25) is 0 Å². The van der Waals surface area contributed by atoms with Crippen LogP contribution in [-0.4, -0.2) is 39.6 Å². The van der Waals surface area contributed by atoms with Crippen molar-refractivity contribution in [1.29, 1.82) is 0 Å². The second kappa shape index (κ2) is 6.94. The van der Waals surface area contributed by atoms with Gasteiger partial charge in [-0.05, 0) is 11.6 Å². The number of benzene rings is 1. The summed E-state index contributed by atoms with van der Waals surface area (Å²) in [6, 6.07) is 12.3. The number of rotatable bonds is 5. The Labute approximate surface area is 150 Å². The Balaban J connectivity index is 1.53. The van der Waals surface area contributed by atoms with Crippen LogP contribution < -0.4 is 9.75 Å². The zero-order valence-electron chi connectivity index (χ0n) is 13.4. The minimum absolute atomic E-state index is 0.426. The number of nitrogens with zero attached hydrogens (tertiary/aromatic N) is 5. The molecule has 25 heavy (non-hydrogen) atoms. The van der Waals surface area contributed by atoms with E-state index in [0.717, 1.165) is 16.8 Å². The number of aliphatic imine (C=N–C) groups is 1. The molecule has 1 aliphatic rings. The van der Waals surface area contributed by atoms with Gasteiger partial charge in [-0.3, -0.25) is 14.7 Å². The van der Waals surface area contributed by atoms with Crippen LogP contribution >= 0.6 is 11.6 Å². The Bertz CT molecular complexity index is 866. The van der Waals surface area contributed by atoms with Crippen molar-refractivity contribution < 1.29 is 4.74 Å². The Hall–Kier alpha value is -2.86. The molecule has 1 aliphatic heterocycles. The fourth-order valence-electron chi connectivity index (χ4n) is 2.78. The van der Waals surface area contributed by atoms with E-state index in [1.807, 2.05) is 40.3 Å². The maximum atomic E-state index is 6.37. The Morgan fingerprint density at radius 3 is 2.80 bits per heavy atom. The molecule has 1 unspecified atom stereocenters. The molecule has 0 saturated heterocycles. The predicted molar refractivity (Wildman–Crippen MR) is 97.7 cm³/mol. The van der Waals surface area contributed by atoms with E-state index >= 15 is 0 Å². The summed E-state index contributed by atoms with van der Waals surface area (Å²) < 4.78 is 7.65. The molecule has 0 bridgehead atoms. The second-order valence-electron chi connectivity index (χ2n) is 5.47. The normalized spacial score (nSPS) is 15.9. The average molecular weight is 354 g/mol. The summed E-state index contributed by atoms with van der Waals surface area (Å²) in [5.41, 5.74) is 2.79. The van der Waals surface area contributed by atoms with Crippen LogP contribution in [0.4, 0.5) is 0 Å². The lowest BCUT2D eigenvalue weighted by Crippen LogP contribution is -2.45. The van der Waals surface area contributed by atoms with Gasteiger partial charge in [0.05, 0.1) is 24.7 Å². The summed E-state index contributed by atoms with van der Waals surface area (Å²) in [5, 5.41) is 1.94.